The molecule has 7 rings (SSSR count). The van der Waals surface area contributed by atoms with E-state index in [9.17, 15) is 0 Å². The van der Waals surface area contributed by atoms with E-state index in [-0.39, 0.29) is 26.2 Å². The van der Waals surface area contributed by atoms with Crippen LogP contribution in [0.2, 0.25) is 0 Å². The molecule has 0 saturated heterocycles. The molecular weight excluding hydrogens is 596 g/mol. The molecule has 0 amide bonds. The van der Waals surface area contributed by atoms with E-state index in [1.807, 2.05) is 94.5 Å². The SMILES string of the molecule is [C-](=C(c1[c-]cccc1)c1ccc(-c2ccccc2)cc1)c1ccc(-c2ccccc2)cc1.[CH]1[CH][CH][CH][CH]1.[CH]1[CH][CH][CH][CH]1.[Zr+2]. The average Bonchev–Trinajstić information content (AvgIpc) is 3.86. The molecule has 204 valence electrons. The summed E-state index contributed by atoms with van der Waals surface area (Å²) in [6.07, 6.45) is 23.6. The summed E-state index contributed by atoms with van der Waals surface area (Å²) in [5, 5.41) is 0. The minimum atomic E-state index is 0. The van der Waals surface area contributed by atoms with Crippen molar-refractivity contribution in [3.05, 3.63) is 227 Å². The van der Waals surface area contributed by atoms with Crippen LogP contribution in [0, 0.1) is 76.4 Å². The summed E-state index contributed by atoms with van der Waals surface area (Å²) >= 11 is 0. The molecule has 10 radical (unpaired) electrons. The summed E-state index contributed by atoms with van der Waals surface area (Å²) in [4.78, 5) is 0. The third kappa shape index (κ3) is 10.4. The van der Waals surface area contributed by atoms with Crippen molar-refractivity contribution in [1.82, 2.24) is 0 Å². The van der Waals surface area contributed by atoms with Gasteiger partial charge < -0.3 is 0 Å². The molecule has 0 aromatic heterocycles. The minimum absolute atomic E-state index is 0. The Balaban J connectivity index is 0.000000325. The van der Waals surface area contributed by atoms with Gasteiger partial charge in [-0.25, -0.2) is 5.56 Å². The van der Waals surface area contributed by atoms with Gasteiger partial charge in [0.05, 0.1) is 0 Å². The molecule has 0 atom stereocenters. The second-order valence-corrected chi connectivity index (χ2v) is 9.59. The van der Waals surface area contributed by atoms with E-state index in [1.54, 1.807) is 0 Å². The molecule has 0 N–H and O–H groups in total. The van der Waals surface area contributed by atoms with Gasteiger partial charge in [-0.1, -0.05) is 97.1 Å². The summed E-state index contributed by atoms with van der Waals surface area (Å²) in [5.41, 5.74) is 9.09. The predicted molar refractivity (Wildman–Crippen MR) is 177 cm³/mol. The quantitative estimate of drug-likeness (QED) is 0.134. The van der Waals surface area contributed by atoms with E-state index >= 15 is 0 Å². The number of benzene rings is 5. The van der Waals surface area contributed by atoms with E-state index in [0.29, 0.717) is 0 Å². The smallest absolute Gasteiger partial charge is 0.209 e. The summed E-state index contributed by atoms with van der Waals surface area (Å²) < 4.78 is 0. The molecule has 5 aromatic carbocycles. The Morgan fingerprint density at radius 1 is 0.395 bits per heavy atom. The van der Waals surface area contributed by atoms with Gasteiger partial charge in [0, 0.05) is 0 Å². The summed E-state index contributed by atoms with van der Waals surface area (Å²) in [5.74, 6) is 0. The first-order valence-corrected chi connectivity index (χ1v) is 14.1. The first kappa shape index (κ1) is 32.6. The van der Waals surface area contributed by atoms with E-state index in [4.69, 9.17) is 0 Å². The van der Waals surface area contributed by atoms with E-state index in [2.05, 4.69) is 115 Å². The van der Waals surface area contributed by atoms with Crippen LogP contribution in [-0.4, -0.2) is 0 Å². The van der Waals surface area contributed by atoms with E-state index in [1.165, 1.54) is 22.3 Å². The topological polar surface area (TPSA) is 0 Å². The third-order valence-electron chi connectivity index (χ3n) is 6.63. The van der Waals surface area contributed by atoms with Crippen molar-refractivity contribution in [1.29, 1.82) is 0 Å². The van der Waals surface area contributed by atoms with Gasteiger partial charge in [-0.3, -0.25) is 0 Å². The fraction of sp³-hybridized carbons (Fsp3) is 0. The zero-order valence-electron chi connectivity index (χ0n) is 24.0. The van der Waals surface area contributed by atoms with Gasteiger partial charge in [-0.15, -0.1) is 29.3 Å². The van der Waals surface area contributed by atoms with Gasteiger partial charge in [0.2, 0.25) is 0 Å². The van der Waals surface area contributed by atoms with Gasteiger partial charge in [-0.2, -0.15) is 35.9 Å². The molecule has 0 bridgehead atoms. The van der Waals surface area contributed by atoms with E-state index < -0.39 is 0 Å². The molecule has 0 heterocycles. The van der Waals surface area contributed by atoms with Crippen LogP contribution < -0.4 is 0 Å². The largest absolute Gasteiger partial charge is 2.00 e. The Morgan fingerprint density at radius 3 is 1.21 bits per heavy atom. The molecule has 2 aliphatic rings. The van der Waals surface area contributed by atoms with Gasteiger partial charge in [-0.05, 0) is 86.5 Å². The van der Waals surface area contributed by atoms with Crippen LogP contribution >= 0.6 is 0 Å². The Morgan fingerprint density at radius 2 is 0.791 bits per heavy atom. The normalized spacial score (nSPS) is 14.0. The van der Waals surface area contributed by atoms with Crippen LogP contribution in [0.5, 0.6) is 0 Å². The molecule has 2 aliphatic carbocycles. The van der Waals surface area contributed by atoms with Crippen molar-refractivity contribution in [2.45, 2.75) is 0 Å². The van der Waals surface area contributed by atoms with Crippen LogP contribution in [0.1, 0.15) is 16.7 Å². The molecule has 0 unspecified atom stereocenters. The van der Waals surface area contributed by atoms with Crippen LogP contribution in [0.15, 0.2) is 133 Å². The maximum atomic E-state index is 3.63. The molecule has 0 aliphatic heterocycles. The fourth-order valence-corrected chi connectivity index (χ4v) is 4.47. The maximum absolute atomic E-state index is 3.63. The Kier molecular flexibility index (Phi) is 14.0. The standard InChI is InChI=1S/C32H22.2C5H5.Zr/c1-4-10-26(11-5-1)28-18-16-25(17-19-28)24-32(30-14-8-3-9-15-30)31-22-20-29(21-23-31)27-12-6-2-7-13-27;2*1-2-4-5-3-1;/h1-14,16-23H;2*1-5H;/q-2;;;+2. The van der Waals surface area contributed by atoms with Crippen LogP contribution in [0.3, 0.4) is 0 Å². The van der Waals surface area contributed by atoms with Crippen LogP contribution in [-0.2, 0) is 26.2 Å². The Hall–Kier alpha value is -3.28. The van der Waals surface area contributed by atoms with Crippen molar-refractivity contribution >= 4 is 5.57 Å². The molecule has 5 aromatic rings. The van der Waals surface area contributed by atoms with Crippen molar-refractivity contribution in [2.75, 3.05) is 0 Å². The zero-order valence-corrected chi connectivity index (χ0v) is 26.4. The zero-order chi connectivity index (χ0) is 28.7. The molecular formula is C42H32Zr. The van der Waals surface area contributed by atoms with Crippen LogP contribution in [0.4, 0.5) is 0 Å². The predicted octanol–water partition coefficient (Wildman–Crippen LogP) is 10.1. The molecule has 1 heteroatoms. The Labute approximate surface area is 279 Å². The second-order valence-electron chi connectivity index (χ2n) is 9.59. The third-order valence-corrected chi connectivity index (χ3v) is 6.63. The summed E-state index contributed by atoms with van der Waals surface area (Å²) in [6, 6.07) is 49.6. The van der Waals surface area contributed by atoms with Crippen molar-refractivity contribution < 1.29 is 26.2 Å². The molecule has 43 heavy (non-hydrogen) atoms. The van der Waals surface area contributed by atoms with Gasteiger partial charge in [0.25, 0.3) is 0 Å². The molecule has 2 fully saturated rings. The molecule has 2 saturated carbocycles. The molecule has 0 spiro atoms. The van der Waals surface area contributed by atoms with Crippen molar-refractivity contribution in [3.8, 4) is 22.3 Å². The van der Waals surface area contributed by atoms with Crippen LogP contribution in [0.25, 0.3) is 27.8 Å². The second kappa shape index (κ2) is 18.4. The van der Waals surface area contributed by atoms with Crippen molar-refractivity contribution in [2.24, 2.45) is 0 Å². The average molecular weight is 628 g/mol. The number of rotatable bonds is 5. The Bertz CT molecular complexity index is 1440. The number of hydrogen-bond acceptors (Lipinski definition) is 0. The van der Waals surface area contributed by atoms with Gasteiger partial charge in [0.1, 0.15) is 0 Å². The van der Waals surface area contributed by atoms with Gasteiger partial charge in [0.15, 0.2) is 0 Å². The molecule has 0 nitrogen and oxygen atoms in total. The summed E-state index contributed by atoms with van der Waals surface area (Å²) in [6.45, 7) is 0. The first-order valence-electron chi connectivity index (χ1n) is 14.1. The minimum Gasteiger partial charge on any atom is -0.209 e. The fourth-order valence-electron chi connectivity index (χ4n) is 4.47. The van der Waals surface area contributed by atoms with E-state index in [0.717, 1.165) is 22.3 Å². The van der Waals surface area contributed by atoms with Gasteiger partial charge >= 0.3 is 26.2 Å². The summed E-state index contributed by atoms with van der Waals surface area (Å²) in [7, 11) is 0. The maximum Gasteiger partial charge on any atom is 2.00 e. The van der Waals surface area contributed by atoms with Crippen molar-refractivity contribution in [3.63, 3.8) is 0 Å². The number of hydrogen-bond donors (Lipinski definition) is 0. The first-order chi connectivity index (χ1) is 20.9. The monoisotopic (exact) mass is 626 g/mol.